The SMILES string of the molecule is C=C(C)OC(=O)OC1CC(C)(C)NC(C)(C)C1. The van der Waals surface area contributed by atoms with Crippen molar-refractivity contribution in [1.29, 1.82) is 0 Å². The second-order valence-electron chi connectivity index (χ2n) is 6.09. The highest BCUT2D eigenvalue weighted by atomic mass is 16.7. The summed E-state index contributed by atoms with van der Waals surface area (Å²) < 4.78 is 10.1. The molecule has 0 atom stereocenters. The first-order valence-corrected chi connectivity index (χ1v) is 5.93. The van der Waals surface area contributed by atoms with Crippen molar-refractivity contribution in [2.24, 2.45) is 0 Å². The van der Waals surface area contributed by atoms with Gasteiger partial charge in [-0.1, -0.05) is 6.58 Å². The molecule has 0 aromatic rings. The maximum Gasteiger partial charge on any atom is 0.513 e. The second kappa shape index (κ2) is 4.69. The van der Waals surface area contributed by atoms with Gasteiger partial charge in [0.05, 0.1) is 0 Å². The second-order valence-corrected chi connectivity index (χ2v) is 6.09. The molecule has 4 nitrogen and oxygen atoms in total. The third kappa shape index (κ3) is 4.77. The molecule has 0 aromatic carbocycles. The summed E-state index contributed by atoms with van der Waals surface area (Å²) in [5.41, 5.74) is -0.0914. The van der Waals surface area contributed by atoms with Gasteiger partial charge in [-0.05, 0) is 34.6 Å². The van der Waals surface area contributed by atoms with Gasteiger partial charge >= 0.3 is 6.16 Å². The zero-order valence-electron chi connectivity index (χ0n) is 11.4. The number of nitrogens with one attached hydrogen (secondary N) is 1. The minimum absolute atomic E-state index is 0.0457. The fourth-order valence-corrected chi connectivity index (χ4v) is 2.61. The molecular formula is C13H23NO3. The van der Waals surface area contributed by atoms with E-state index in [1.807, 2.05) is 0 Å². The van der Waals surface area contributed by atoms with Crippen molar-refractivity contribution in [3.8, 4) is 0 Å². The minimum atomic E-state index is -0.656. The highest BCUT2D eigenvalue weighted by Gasteiger charge is 2.39. The summed E-state index contributed by atoms with van der Waals surface area (Å²) in [5, 5.41) is 3.53. The van der Waals surface area contributed by atoms with Crippen molar-refractivity contribution in [3.05, 3.63) is 12.3 Å². The average Bonchev–Trinajstić information content (AvgIpc) is 1.93. The molecule has 0 aromatic heterocycles. The fraction of sp³-hybridized carbons (Fsp3) is 0.769. The maximum absolute atomic E-state index is 11.4. The van der Waals surface area contributed by atoms with Gasteiger partial charge in [0.15, 0.2) is 0 Å². The number of carbonyl (C=O) groups is 1. The standard InChI is InChI=1S/C13H23NO3/c1-9(2)16-11(15)17-10-7-12(3,4)14-13(5,6)8-10/h10,14H,1,7-8H2,2-6H3. The lowest BCUT2D eigenvalue weighted by Crippen LogP contribution is -2.59. The van der Waals surface area contributed by atoms with Crippen LogP contribution in [0.1, 0.15) is 47.5 Å². The Hall–Kier alpha value is -1.03. The summed E-state index contributed by atoms with van der Waals surface area (Å²) in [4.78, 5) is 11.4. The van der Waals surface area contributed by atoms with Crippen molar-refractivity contribution in [1.82, 2.24) is 5.32 Å². The molecule has 0 saturated carbocycles. The van der Waals surface area contributed by atoms with Crippen molar-refractivity contribution < 1.29 is 14.3 Å². The highest BCUT2D eigenvalue weighted by Crippen LogP contribution is 2.30. The van der Waals surface area contributed by atoms with Crippen LogP contribution in [0.4, 0.5) is 4.79 Å². The molecule has 1 N–H and O–H groups in total. The number of hydrogen-bond acceptors (Lipinski definition) is 4. The average molecular weight is 241 g/mol. The van der Waals surface area contributed by atoms with Gasteiger partial charge in [-0.3, -0.25) is 0 Å². The van der Waals surface area contributed by atoms with Crippen molar-refractivity contribution >= 4 is 6.16 Å². The van der Waals surface area contributed by atoms with Crippen LogP contribution < -0.4 is 5.32 Å². The Kier molecular flexibility index (Phi) is 3.87. The summed E-state index contributed by atoms with van der Waals surface area (Å²) in [6, 6.07) is 0. The molecule has 1 rings (SSSR count). The van der Waals surface area contributed by atoms with Crippen LogP contribution in [0, 0.1) is 0 Å². The Bertz CT molecular complexity index is 305. The normalized spacial score (nSPS) is 22.9. The van der Waals surface area contributed by atoms with E-state index in [1.165, 1.54) is 0 Å². The summed E-state index contributed by atoms with van der Waals surface area (Å²) in [5.74, 6) is 0.349. The Morgan fingerprint density at radius 2 is 1.71 bits per heavy atom. The fourth-order valence-electron chi connectivity index (χ4n) is 2.61. The van der Waals surface area contributed by atoms with E-state index in [0.29, 0.717) is 5.76 Å². The molecule has 0 aliphatic carbocycles. The third-order valence-corrected chi connectivity index (χ3v) is 2.67. The van der Waals surface area contributed by atoms with E-state index in [-0.39, 0.29) is 17.2 Å². The number of rotatable bonds is 2. The largest absolute Gasteiger partial charge is 0.513 e. The van der Waals surface area contributed by atoms with Gasteiger partial charge < -0.3 is 14.8 Å². The van der Waals surface area contributed by atoms with E-state index in [2.05, 4.69) is 39.6 Å². The molecule has 1 saturated heterocycles. The van der Waals surface area contributed by atoms with E-state index in [9.17, 15) is 4.79 Å². The Morgan fingerprint density at radius 1 is 1.24 bits per heavy atom. The Balaban J connectivity index is 2.59. The topological polar surface area (TPSA) is 47.6 Å². The molecule has 0 bridgehead atoms. The van der Waals surface area contributed by atoms with Crippen LogP contribution in [0.2, 0.25) is 0 Å². The molecule has 4 heteroatoms. The lowest BCUT2D eigenvalue weighted by molar-refractivity contribution is -0.00954. The summed E-state index contributed by atoms with van der Waals surface area (Å²) >= 11 is 0. The van der Waals surface area contributed by atoms with Crippen molar-refractivity contribution in [2.75, 3.05) is 0 Å². The molecule has 0 amide bonds. The van der Waals surface area contributed by atoms with Crippen LogP contribution in [0.25, 0.3) is 0 Å². The highest BCUT2D eigenvalue weighted by molar-refractivity contribution is 5.61. The first-order chi connectivity index (χ1) is 7.60. The quantitative estimate of drug-likeness (QED) is 0.596. The first kappa shape index (κ1) is 14.0. The first-order valence-electron chi connectivity index (χ1n) is 5.93. The predicted molar refractivity (Wildman–Crippen MR) is 66.7 cm³/mol. The molecule has 1 aliphatic heterocycles. The van der Waals surface area contributed by atoms with Crippen LogP contribution in [-0.4, -0.2) is 23.3 Å². The van der Waals surface area contributed by atoms with Crippen LogP contribution in [0.3, 0.4) is 0 Å². The van der Waals surface area contributed by atoms with E-state index >= 15 is 0 Å². The van der Waals surface area contributed by atoms with Crippen LogP contribution in [-0.2, 0) is 9.47 Å². The number of allylic oxidation sites excluding steroid dienone is 1. The van der Waals surface area contributed by atoms with Gasteiger partial charge in [0.25, 0.3) is 0 Å². The molecule has 1 fully saturated rings. The lowest BCUT2D eigenvalue weighted by atomic mass is 9.81. The van der Waals surface area contributed by atoms with Gasteiger partial charge in [0.2, 0.25) is 0 Å². The summed E-state index contributed by atoms with van der Waals surface area (Å²) in [7, 11) is 0. The van der Waals surface area contributed by atoms with Gasteiger partial charge in [-0.25, -0.2) is 4.79 Å². The van der Waals surface area contributed by atoms with Crippen LogP contribution >= 0.6 is 0 Å². The number of ether oxygens (including phenoxy) is 2. The van der Waals surface area contributed by atoms with Crippen molar-refractivity contribution in [3.63, 3.8) is 0 Å². The third-order valence-electron chi connectivity index (χ3n) is 2.67. The van der Waals surface area contributed by atoms with E-state index in [0.717, 1.165) is 12.8 Å². The predicted octanol–water partition coefficient (Wildman–Crippen LogP) is 2.98. The zero-order valence-corrected chi connectivity index (χ0v) is 11.4. The molecule has 0 unspecified atom stereocenters. The van der Waals surface area contributed by atoms with E-state index in [4.69, 9.17) is 9.47 Å². The van der Waals surface area contributed by atoms with Crippen LogP contribution in [0.5, 0.6) is 0 Å². The van der Waals surface area contributed by atoms with Crippen molar-refractivity contribution in [2.45, 2.75) is 64.6 Å². The monoisotopic (exact) mass is 241 g/mol. The molecule has 17 heavy (non-hydrogen) atoms. The molecular weight excluding hydrogens is 218 g/mol. The maximum atomic E-state index is 11.4. The molecule has 98 valence electrons. The number of carbonyl (C=O) groups excluding carboxylic acids is 1. The Labute approximate surface area is 103 Å². The summed E-state index contributed by atoms with van der Waals surface area (Å²) in [6.45, 7) is 13.6. The smallest absolute Gasteiger partial charge is 0.431 e. The van der Waals surface area contributed by atoms with Gasteiger partial charge in [0.1, 0.15) is 11.9 Å². The zero-order chi connectivity index (χ0) is 13.3. The van der Waals surface area contributed by atoms with E-state index in [1.54, 1.807) is 6.92 Å². The van der Waals surface area contributed by atoms with E-state index < -0.39 is 6.16 Å². The molecule has 0 radical (unpaired) electrons. The molecule has 1 heterocycles. The Morgan fingerprint density at radius 3 is 2.12 bits per heavy atom. The van der Waals surface area contributed by atoms with Gasteiger partial charge in [-0.15, -0.1) is 0 Å². The summed E-state index contributed by atoms with van der Waals surface area (Å²) in [6.07, 6.45) is 0.785. The number of piperidine rings is 1. The lowest BCUT2D eigenvalue weighted by Gasteiger charge is -2.45. The molecule has 0 spiro atoms. The molecule has 1 aliphatic rings. The number of hydrogen-bond donors (Lipinski definition) is 1. The minimum Gasteiger partial charge on any atom is -0.431 e. The van der Waals surface area contributed by atoms with Gasteiger partial charge in [-0.2, -0.15) is 0 Å². The van der Waals surface area contributed by atoms with Crippen LogP contribution in [0.15, 0.2) is 12.3 Å². The van der Waals surface area contributed by atoms with Gasteiger partial charge in [0, 0.05) is 23.9 Å².